The largest absolute Gasteiger partial charge is 0.496 e. The Morgan fingerprint density at radius 1 is 1.00 bits per heavy atom. The van der Waals surface area contributed by atoms with Crippen LogP contribution in [0.2, 0.25) is 0 Å². The molecule has 0 saturated carbocycles. The van der Waals surface area contributed by atoms with Gasteiger partial charge >= 0.3 is 5.97 Å². The fraction of sp³-hybridized carbons (Fsp3) is 0.0435. The van der Waals surface area contributed by atoms with Gasteiger partial charge in [0.15, 0.2) is 0 Å². The van der Waals surface area contributed by atoms with Crippen molar-refractivity contribution in [3.8, 4) is 22.6 Å². The van der Waals surface area contributed by atoms with Crippen molar-refractivity contribution >= 4 is 22.6 Å². The van der Waals surface area contributed by atoms with E-state index in [-0.39, 0.29) is 28.0 Å². The number of carbonyl (C=O) groups is 1. The van der Waals surface area contributed by atoms with Gasteiger partial charge in [-0.25, -0.2) is 4.79 Å². The third-order valence-electron chi connectivity index (χ3n) is 4.65. The zero-order valence-electron chi connectivity index (χ0n) is 16.2. The summed E-state index contributed by atoms with van der Waals surface area (Å²) in [5.74, 6) is -0.0927. The first-order valence-electron chi connectivity index (χ1n) is 9.13. The van der Waals surface area contributed by atoms with Gasteiger partial charge in [0.05, 0.1) is 28.5 Å². The molecule has 3 aromatic carbocycles. The van der Waals surface area contributed by atoms with Gasteiger partial charge in [-0.2, -0.15) is 0 Å². The van der Waals surface area contributed by atoms with Crippen molar-refractivity contribution in [1.29, 1.82) is 0 Å². The molecule has 4 aromatic rings. The number of hydrogen-bond acceptors (Lipinski definition) is 7. The number of carbonyl (C=O) groups excluding carboxylic acids is 1. The molecule has 31 heavy (non-hydrogen) atoms. The Hall–Kier alpha value is -4.46. The minimum atomic E-state index is -0.768. The molecular formula is C23H15NO7. The zero-order chi connectivity index (χ0) is 22.0. The summed E-state index contributed by atoms with van der Waals surface area (Å²) in [5, 5.41) is 11.2. The summed E-state index contributed by atoms with van der Waals surface area (Å²) in [6.45, 7) is 0. The number of non-ortho nitro benzene ring substituents is 1. The summed E-state index contributed by atoms with van der Waals surface area (Å²) >= 11 is 0. The molecule has 0 spiro atoms. The third kappa shape index (κ3) is 3.86. The van der Waals surface area contributed by atoms with E-state index in [9.17, 15) is 19.7 Å². The van der Waals surface area contributed by atoms with Crippen molar-refractivity contribution in [1.82, 2.24) is 0 Å². The molecule has 1 heterocycles. The topological polar surface area (TPSA) is 109 Å². The Kier molecular flexibility index (Phi) is 5.19. The van der Waals surface area contributed by atoms with Crippen LogP contribution in [-0.2, 0) is 0 Å². The molecule has 4 rings (SSSR count). The zero-order valence-corrected chi connectivity index (χ0v) is 16.2. The van der Waals surface area contributed by atoms with Crippen LogP contribution in [0.4, 0.5) is 5.69 Å². The van der Waals surface area contributed by atoms with Crippen LogP contribution in [0, 0.1) is 10.1 Å². The van der Waals surface area contributed by atoms with E-state index >= 15 is 0 Å². The predicted molar refractivity (Wildman–Crippen MR) is 113 cm³/mol. The normalized spacial score (nSPS) is 10.6. The predicted octanol–water partition coefficient (Wildman–Crippen LogP) is 4.60. The molecular weight excluding hydrogens is 402 g/mol. The minimum Gasteiger partial charge on any atom is -0.496 e. The van der Waals surface area contributed by atoms with Crippen molar-refractivity contribution in [3.05, 3.63) is 98.9 Å². The quantitative estimate of drug-likeness (QED) is 0.202. The SMILES string of the molecule is COc1ccccc1-c1coc2cc(OC(=O)c3cccc([N+](=O)[O-])c3)ccc2c1=O. The van der Waals surface area contributed by atoms with E-state index in [0.717, 1.165) is 6.07 Å². The van der Waals surface area contributed by atoms with Crippen molar-refractivity contribution < 1.29 is 23.6 Å². The summed E-state index contributed by atoms with van der Waals surface area (Å²) < 4.78 is 16.2. The molecule has 8 heteroatoms. The van der Waals surface area contributed by atoms with Crippen molar-refractivity contribution in [2.75, 3.05) is 7.11 Å². The number of para-hydroxylation sites is 1. The highest BCUT2D eigenvalue weighted by Crippen LogP contribution is 2.29. The average Bonchev–Trinajstić information content (AvgIpc) is 2.79. The van der Waals surface area contributed by atoms with Crippen LogP contribution in [0.5, 0.6) is 11.5 Å². The fourth-order valence-electron chi connectivity index (χ4n) is 3.14. The molecule has 0 unspecified atom stereocenters. The lowest BCUT2D eigenvalue weighted by molar-refractivity contribution is -0.384. The van der Waals surface area contributed by atoms with E-state index in [1.165, 1.54) is 49.8 Å². The Morgan fingerprint density at radius 2 is 1.81 bits per heavy atom. The van der Waals surface area contributed by atoms with E-state index in [0.29, 0.717) is 22.3 Å². The van der Waals surface area contributed by atoms with E-state index in [4.69, 9.17) is 13.9 Å². The van der Waals surface area contributed by atoms with Gasteiger partial charge in [0.25, 0.3) is 5.69 Å². The highest BCUT2D eigenvalue weighted by atomic mass is 16.6. The van der Waals surface area contributed by atoms with Crippen molar-refractivity contribution in [3.63, 3.8) is 0 Å². The molecule has 0 radical (unpaired) electrons. The molecule has 0 aliphatic heterocycles. The maximum atomic E-state index is 13.0. The summed E-state index contributed by atoms with van der Waals surface area (Å²) in [6.07, 6.45) is 1.33. The van der Waals surface area contributed by atoms with Gasteiger partial charge in [-0.05, 0) is 24.3 Å². The number of methoxy groups -OCH3 is 1. The lowest BCUT2D eigenvalue weighted by atomic mass is 10.0. The molecule has 0 bridgehead atoms. The van der Waals surface area contributed by atoms with Gasteiger partial charge in [0, 0.05) is 23.8 Å². The number of nitro groups is 1. The van der Waals surface area contributed by atoms with Crippen LogP contribution in [0.3, 0.4) is 0 Å². The maximum Gasteiger partial charge on any atom is 0.343 e. The second-order valence-electron chi connectivity index (χ2n) is 6.53. The van der Waals surface area contributed by atoms with Crippen LogP contribution < -0.4 is 14.9 Å². The van der Waals surface area contributed by atoms with E-state index < -0.39 is 10.9 Å². The van der Waals surface area contributed by atoms with Gasteiger partial charge in [0.1, 0.15) is 23.3 Å². The van der Waals surface area contributed by atoms with E-state index in [1.54, 1.807) is 24.3 Å². The Bertz CT molecular complexity index is 1370. The standard InChI is InChI=1S/C23H15NO7/c1-29-20-8-3-2-7-17(20)19-13-30-21-12-16(9-10-18(21)22(19)25)31-23(26)14-5-4-6-15(11-14)24(27)28/h2-13H,1H3. The number of nitrogens with zero attached hydrogens (tertiary/aromatic N) is 1. The summed E-state index contributed by atoms with van der Waals surface area (Å²) in [5.41, 5.74) is 0.716. The number of fused-ring (bicyclic) bond motifs is 1. The third-order valence-corrected chi connectivity index (χ3v) is 4.65. The fourth-order valence-corrected chi connectivity index (χ4v) is 3.14. The van der Waals surface area contributed by atoms with E-state index in [2.05, 4.69) is 0 Å². The highest BCUT2D eigenvalue weighted by molar-refractivity contribution is 5.92. The number of ether oxygens (including phenoxy) is 2. The molecule has 154 valence electrons. The average molecular weight is 417 g/mol. The Balaban J connectivity index is 1.66. The van der Waals surface area contributed by atoms with Gasteiger partial charge in [0.2, 0.25) is 5.43 Å². The molecule has 0 amide bonds. The van der Waals surface area contributed by atoms with Crippen LogP contribution >= 0.6 is 0 Å². The number of hydrogen-bond donors (Lipinski definition) is 0. The lowest BCUT2D eigenvalue weighted by Crippen LogP contribution is -2.09. The first kappa shape index (κ1) is 19.8. The summed E-state index contributed by atoms with van der Waals surface area (Å²) in [6, 6.07) is 16.7. The number of esters is 1. The molecule has 1 aromatic heterocycles. The smallest absolute Gasteiger partial charge is 0.343 e. The van der Waals surface area contributed by atoms with Crippen LogP contribution in [0.1, 0.15) is 10.4 Å². The monoisotopic (exact) mass is 417 g/mol. The lowest BCUT2D eigenvalue weighted by Gasteiger charge is -2.09. The first-order valence-corrected chi connectivity index (χ1v) is 9.13. The molecule has 0 aliphatic rings. The highest BCUT2D eigenvalue weighted by Gasteiger charge is 2.16. The Morgan fingerprint density at radius 3 is 2.58 bits per heavy atom. The second-order valence-corrected chi connectivity index (χ2v) is 6.53. The van der Waals surface area contributed by atoms with Crippen molar-refractivity contribution in [2.45, 2.75) is 0 Å². The number of benzene rings is 3. The van der Waals surface area contributed by atoms with Gasteiger partial charge < -0.3 is 13.9 Å². The minimum absolute atomic E-state index is 0.0299. The molecule has 0 fully saturated rings. The molecule has 8 nitrogen and oxygen atoms in total. The van der Waals surface area contributed by atoms with Gasteiger partial charge in [-0.15, -0.1) is 0 Å². The van der Waals surface area contributed by atoms with Gasteiger partial charge in [-0.3, -0.25) is 14.9 Å². The van der Waals surface area contributed by atoms with Crippen LogP contribution in [-0.4, -0.2) is 18.0 Å². The maximum absolute atomic E-state index is 13.0. The molecule has 0 saturated heterocycles. The number of nitro benzene ring substituents is 1. The van der Waals surface area contributed by atoms with Crippen LogP contribution in [0.15, 0.2) is 82.2 Å². The van der Waals surface area contributed by atoms with E-state index in [1.807, 2.05) is 0 Å². The molecule has 0 N–H and O–H groups in total. The second kappa shape index (κ2) is 8.11. The van der Waals surface area contributed by atoms with Crippen molar-refractivity contribution in [2.24, 2.45) is 0 Å². The first-order chi connectivity index (χ1) is 15.0. The molecule has 0 atom stereocenters. The van der Waals surface area contributed by atoms with Crippen LogP contribution in [0.25, 0.3) is 22.1 Å². The van der Waals surface area contributed by atoms with Gasteiger partial charge in [-0.1, -0.05) is 24.3 Å². The number of rotatable bonds is 5. The summed E-state index contributed by atoms with van der Waals surface area (Å²) in [4.78, 5) is 35.6. The molecule has 0 aliphatic carbocycles. The Labute approximate surface area is 175 Å². The summed E-state index contributed by atoms with van der Waals surface area (Å²) in [7, 11) is 1.52.